The van der Waals surface area contributed by atoms with Crippen molar-refractivity contribution in [1.82, 2.24) is 0 Å². The van der Waals surface area contributed by atoms with Gasteiger partial charge in [0.05, 0.1) is 11.5 Å². The lowest BCUT2D eigenvalue weighted by atomic mass is 9.68. The molecule has 0 spiro atoms. The average molecular weight is 386 g/mol. The first-order valence-corrected chi connectivity index (χ1v) is 10.3. The number of amides is 1. The monoisotopic (exact) mass is 385 g/mol. The maximum Gasteiger partial charge on any atom is 0.235 e. The fourth-order valence-electron chi connectivity index (χ4n) is 3.75. The summed E-state index contributed by atoms with van der Waals surface area (Å²) in [5.41, 5.74) is 1.38. The maximum atomic E-state index is 13.3. The molecule has 0 heterocycles. The van der Waals surface area contributed by atoms with E-state index >= 15 is 0 Å². The van der Waals surface area contributed by atoms with Crippen LogP contribution in [0.4, 0.5) is 5.69 Å². The van der Waals surface area contributed by atoms with Crippen LogP contribution >= 0.6 is 11.6 Å². The highest BCUT2D eigenvalue weighted by Gasteiger charge is 2.41. The van der Waals surface area contributed by atoms with Gasteiger partial charge in [0.1, 0.15) is 5.75 Å². The molecular formula is C23H28ClNO2. The molecule has 1 aliphatic rings. The molecule has 2 aromatic carbocycles. The van der Waals surface area contributed by atoms with Gasteiger partial charge < -0.3 is 10.1 Å². The van der Waals surface area contributed by atoms with Crippen molar-refractivity contribution in [3.05, 3.63) is 59.1 Å². The molecule has 1 aliphatic carbocycles. The Hall–Kier alpha value is -2.00. The van der Waals surface area contributed by atoms with Crippen LogP contribution in [0.2, 0.25) is 5.02 Å². The van der Waals surface area contributed by atoms with Gasteiger partial charge in [-0.15, -0.1) is 0 Å². The quantitative estimate of drug-likeness (QED) is 0.628. The zero-order valence-electron chi connectivity index (χ0n) is 16.1. The molecule has 27 heavy (non-hydrogen) atoms. The van der Waals surface area contributed by atoms with Crippen molar-refractivity contribution in [2.75, 3.05) is 5.32 Å². The Morgan fingerprint density at radius 1 is 1.07 bits per heavy atom. The number of nitrogens with one attached hydrogen (secondary N) is 1. The van der Waals surface area contributed by atoms with Gasteiger partial charge in [0.25, 0.3) is 0 Å². The van der Waals surface area contributed by atoms with Crippen molar-refractivity contribution in [2.24, 2.45) is 0 Å². The first kappa shape index (κ1) is 19.8. The van der Waals surface area contributed by atoms with Crippen molar-refractivity contribution in [1.29, 1.82) is 0 Å². The van der Waals surface area contributed by atoms with Crippen LogP contribution in [0.25, 0.3) is 0 Å². The topological polar surface area (TPSA) is 38.3 Å². The highest BCUT2D eigenvalue weighted by molar-refractivity contribution is 6.30. The number of rotatable bonds is 6. The Morgan fingerprint density at radius 2 is 1.70 bits per heavy atom. The van der Waals surface area contributed by atoms with Crippen LogP contribution in [0.15, 0.2) is 48.5 Å². The van der Waals surface area contributed by atoms with Gasteiger partial charge in [0.2, 0.25) is 5.91 Å². The first-order chi connectivity index (χ1) is 13.0. The Bertz CT molecular complexity index is 749. The Kier molecular flexibility index (Phi) is 6.43. The molecule has 0 bridgehead atoms. The van der Waals surface area contributed by atoms with E-state index in [0.29, 0.717) is 5.02 Å². The van der Waals surface area contributed by atoms with Crippen LogP contribution in [0.1, 0.15) is 57.9 Å². The van der Waals surface area contributed by atoms with Gasteiger partial charge in [0.15, 0.2) is 0 Å². The summed E-state index contributed by atoms with van der Waals surface area (Å²) in [6.45, 7) is 4.15. The van der Waals surface area contributed by atoms with E-state index < -0.39 is 5.41 Å². The molecule has 2 aromatic rings. The molecule has 0 unspecified atom stereocenters. The summed E-state index contributed by atoms with van der Waals surface area (Å²) >= 11 is 6.05. The van der Waals surface area contributed by atoms with E-state index in [9.17, 15) is 4.79 Å². The van der Waals surface area contributed by atoms with Crippen LogP contribution in [0.5, 0.6) is 5.75 Å². The standard InChI is InChI=1S/C23H28ClNO2/c1-3-17(2)27-21-13-11-20(12-14-21)25-22(26)23(15-5-4-6-16-23)18-7-9-19(24)10-8-18/h7-14,17H,3-6,15-16H2,1-2H3,(H,25,26)/t17-/m0/s1. The molecule has 1 atom stereocenters. The molecule has 0 radical (unpaired) electrons. The molecule has 0 aromatic heterocycles. The second-order valence-electron chi connectivity index (χ2n) is 7.46. The number of anilines is 1. The van der Waals surface area contributed by atoms with E-state index in [0.717, 1.165) is 49.1 Å². The summed E-state index contributed by atoms with van der Waals surface area (Å²) in [6.07, 6.45) is 6.20. The SMILES string of the molecule is CC[C@H](C)Oc1ccc(NC(=O)C2(c3ccc(Cl)cc3)CCCCC2)cc1. The molecule has 1 fully saturated rings. The van der Waals surface area contributed by atoms with Crippen molar-refractivity contribution >= 4 is 23.2 Å². The highest BCUT2D eigenvalue weighted by Crippen LogP contribution is 2.41. The second kappa shape index (κ2) is 8.79. The Labute approximate surface area is 167 Å². The third kappa shape index (κ3) is 4.65. The zero-order valence-corrected chi connectivity index (χ0v) is 16.9. The minimum atomic E-state index is -0.477. The minimum Gasteiger partial charge on any atom is -0.491 e. The Balaban J connectivity index is 1.78. The van der Waals surface area contributed by atoms with Gasteiger partial charge >= 0.3 is 0 Å². The van der Waals surface area contributed by atoms with E-state index in [1.165, 1.54) is 6.42 Å². The molecule has 0 aliphatic heterocycles. The number of benzene rings is 2. The van der Waals surface area contributed by atoms with Gasteiger partial charge in [0, 0.05) is 10.7 Å². The average Bonchev–Trinajstić information content (AvgIpc) is 2.70. The molecule has 1 N–H and O–H groups in total. The maximum absolute atomic E-state index is 13.3. The molecular weight excluding hydrogens is 358 g/mol. The number of ether oxygens (including phenoxy) is 1. The fourth-order valence-corrected chi connectivity index (χ4v) is 3.88. The summed E-state index contributed by atoms with van der Waals surface area (Å²) in [5.74, 6) is 0.896. The summed E-state index contributed by atoms with van der Waals surface area (Å²) in [6, 6.07) is 15.4. The smallest absolute Gasteiger partial charge is 0.235 e. The van der Waals surface area contributed by atoms with Crippen LogP contribution in [0.3, 0.4) is 0 Å². The normalized spacial score (nSPS) is 17.1. The van der Waals surface area contributed by atoms with E-state index in [2.05, 4.69) is 19.2 Å². The fraction of sp³-hybridized carbons (Fsp3) is 0.435. The molecule has 144 valence electrons. The third-order valence-corrected chi connectivity index (χ3v) is 5.81. The molecule has 4 heteroatoms. The number of halogens is 1. The predicted octanol–water partition coefficient (Wildman–Crippen LogP) is 6.36. The lowest BCUT2D eigenvalue weighted by Crippen LogP contribution is -2.42. The van der Waals surface area contributed by atoms with Gasteiger partial charge in [-0.1, -0.05) is 49.9 Å². The third-order valence-electron chi connectivity index (χ3n) is 5.56. The molecule has 0 saturated heterocycles. The first-order valence-electron chi connectivity index (χ1n) is 9.88. The summed E-state index contributed by atoms with van der Waals surface area (Å²) in [7, 11) is 0. The highest BCUT2D eigenvalue weighted by atomic mass is 35.5. The lowest BCUT2D eigenvalue weighted by molar-refractivity contribution is -0.122. The Morgan fingerprint density at radius 3 is 2.30 bits per heavy atom. The van der Waals surface area contributed by atoms with E-state index in [1.807, 2.05) is 48.5 Å². The lowest BCUT2D eigenvalue weighted by Gasteiger charge is -2.36. The predicted molar refractivity (Wildman–Crippen MR) is 112 cm³/mol. The van der Waals surface area contributed by atoms with E-state index in [1.54, 1.807) is 0 Å². The number of hydrogen-bond acceptors (Lipinski definition) is 2. The van der Waals surface area contributed by atoms with Crippen LogP contribution in [-0.2, 0) is 10.2 Å². The number of carbonyl (C=O) groups excluding carboxylic acids is 1. The van der Waals surface area contributed by atoms with Crippen molar-refractivity contribution < 1.29 is 9.53 Å². The van der Waals surface area contributed by atoms with Crippen molar-refractivity contribution in [3.63, 3.8) is 0 Å². The molecule has 1 amide bonds. The second-order valence-corrected chi connectivity index (χ2v) is 7.90. The van der Waals surface area contributed by atoms with Crippen molar-refractivity contribution in [3.8, 4) is 5.75 Å². The summed E-state index contributed by atoms with van der Waals surface area (Å²) < 4.78 is 5.81. The van der Waals surface area contributed by atoms with Crippen LogP contribution in [0, 0.1) is 0 Å². The van der Waals surface area contributed by atoms with Gasteiger partial charge in [-0.05, 0) is 68.1 Å². The summed E-state index contributed by atoms with van der Waals surface area (Å²) in [4.78, 5) is 13.3. The minimum absolute atomic E-state index is 0.0696. The van der Waals surface area contributed by atoms with Gasteiger partial charge in [-0.2, -0.15) is 0 Å². The molecule has 3 rings (SSSR count). The van der Waals surface area contributed by atoms with Crippen molar-refractivity contribution in [2.45, 2.75) is 63.9 Å². The van der Waals surface area contributed by atoms with Gasteiger partial charge in [-0.3, -0.25) is 4.79 Å². The van der Waals surface area contributed by atoms with Crippen LogP contribution in [-0.4, -0.2) is 12.0 Å². The molecule has 3 nitrogen and oxygen atoms in total. The number of carbonyl (C=O) groups is 1. The van der Waals surface area contributed by atoms with Crippen LogP contribution < -0.4 is 10.1 Å². The number of hydrogen-bond donors (Lipinski definition) is 1. The molecule has 1 saturated carbocycles. The van der Waals surface area contributed by atoms with E-state index in [-0.39, 0.29) is 12.0 Å². The largest absolute Gasteiger partial charge is 0.491 e. The van der Waals surface area contributed by atoms with Gasteiger partial charge in [-0.25, -0.2) is 0 Å². The summed E-state index contributed by atoms with van der Waals surface area (Å²) in [5, 5.41) is 3.83. The zero-order chi connectivity index (χ0) is 19.3. The van der Waals surface area contributed by atoms with E-state index in [4.69, 9.17) is 16.3 Å².